The number of fused-ring (bicyclic) bond motifs is 1. The Morgan fingerprint density at radius 3 is 2.68 bits per heavy atom. The molecule has 1 aliphatic heterocycles. The lowest BCUT2D eigenvalue weighted by Gasteiger charge is -2.17. The molecule has 158 valence electrons. The maximum Gasteiger partial charge on any atom is 0.279 e. The van der Waals surface area contributed by atoms with Gasteiger partial charge in [0.15, 0.2) is 4.21 Å². The molecule has 3 heterocycles. The van der Waals surface area contributed by atoms with Crippen molar-refractivity contribution in [3.63, 3.8) is 0 Å². The molecular weight excluding hydrogens is 446 g/mol. The number of aryl methyl sites for hydroxylation is 1. The predicted octanol–water partition coefficient (Wildman–Crippen LogP) is 3.62. The molecular formula is C23H21N3O2S3. The minimum Gasteiger partial charge on any atom is -0.249 e. The van der Waals surface area contributed by atoms with E-state index in [-0.39, 0.29) is 15.4 Å². The third kappa shape index (κ3) is 3.36. The maximum absolute atomic E-state index is 13.9. The summed E-state index contributed by atoms with van der Waals surface area (Å²) in [5.74, 6) is 0.906. The quantitative estimate of drug-likeness (QED) is 0.586. The van der Waals surface area contributed by atoms with Crippen LogP contribution < -0.4 is 10.6 Å². The highest BCUT2D eigenvalue weighted by Crippen LogP contribution is 2.42. The first-order valence-electron chi connectivity index (χ1n) is 10.2. The molecule has 5 rings (SSSR count). The van der Waals surface area contributed by atoms with Crippen LogP contribution in [0.25, 0.3) is 23.4 Å². The Labute approximate surface area is 189 Å². The van der Waals surface area contributed by atoms with Crippen LogP contribution in [-0.2, 0) is 10.0 Å². The molecule has 8 heteroatoms. The van der Waals surface area contributed by atoms with Crippen molar-refractivity contribution in [2.75, 3.05) is 5.75 Å². The molecule has 3 aromatic rings. The van der Waals surface area contributed by atoms with Crippen LogP contribution in [0, 0.1) is 18.3 Å². The van der Waals surface area contributed by atoms with Crippen LogP contribution in [0.3, 0.4) is 0 Å². The molecule has 5 nitrogen and oxygen atoms in total. The van der Waals surface area contributed by atoms with Gasteiger partial charge in [-0.15, -0.1) is 23.1 Å². The molecule has 31 heavy (non-hydrogen) atoms. The van der Waals surface area contributed by atoms with Crippen LogP contribution in [-0.4, -0.2) is 28.4 Å². The SMILES string of the molecule is Cc1ncc(S(=O)(=O)n2c(-c3ccccc3)c(C3CCSC3C#N)c3c2=CCCC=3)s1. The molecule has 0 amide bonds. The lowest BCUT2D eigenvalue weighted by atomic mass is 9.89. The zero-order valence-corrected chi connectivity index (χ0v) is 19.4. The average molecular weight is 468 g/mol. The van der Waals surface area contributed by atoms with Gasteiger partial charge in [-0.1, -0.05) is 42.5 Å². The zero-order valence-electron chi connectivity index (χ0n) is 17.0. The smallest absolute Gasteiger partial charge is 0.249 e. The fourth-order valence-corrected chi connectivity index (χ4v) is 8.49. The van der Waals surface area contributed by atoms with Crippen LogP contribution in [0.5, 0.6) is 0 Å². The molecule has 1 aliphatic carbocycles. The summed E-state index contributed by atoms with van der Waals surface area (Å²) in [6.45, 7) is 1.81. The first-order valence-corrected chi connectivity index (χ1v) is 13.5. The Balaban J connectivity index is 1.91. The van der Waals surface area contributed by atoms with Crippen molar-refractivity contribution >= 4 is 45.3 Å². The van der Waals surface area contributed by atoms with E-state index in [0.29, 0.717) is 10.7 Å². The summed E-state index contributed by atoms with van der Waals surface area (Å²) in [6, 6.07) is 12.2. The lowest BCUT2D eigenvalue weighted by Crippen LogP contribution is -2.35. The van der Waals surface area contributed by atoms with Gasteiger partial charge in [-0.3, -0.25) is 0 Å². The summed E-state index contributed by atoms with van der Waals surface area (Å²) < 4.78 is 29.6. The second kappa shape index (κ2) is 7.97. The monoisotopic (exact) mass is 467 g/mol. The van der Waals surface area contributed by atoms with E-state index in [4.69, 9.17) is 0 Å². The fourth-order valence-electron chi connectivity index (χ4n) is 4.52. The normalized spacial score (nSPS) is 20.5. The van der Waals surface area contributed by atoms with Crippen molar-refractivity contribution in [2.24, 2.45) is 0 Å². The minimum atomic E-state index is -3.84. The van der Waals surface area contributed by atoms with Crippen LogP contribution in [0.1, 0.15) is 35.8 Å². The van der Waals surface area contributed by atoms with Gasteiger partial charge in [0.25, 0.3) is 10.0 Å². The van der Waals surface area contributed by atoms with Gasteiger partial charge in [0.2, 0.25) is 0 Å². The Morgan fingerprint density at radius 2 is 1.97 bits per heavy atom. The molecule has 1 fully saturated rings. The average Bonchev–Trinajstić information content (AvgIpc) is 3.50. The summed E-state index contributed by atoms with van der Waals surface area (Å²) >= 11 is 2.85. The fraction of sp³-hybridized carbons (Fsp3) is 0.304. The number of thioether (sulfide) groups is 1. The van der Waals surface area contributed by atoms with Gasteiger partial charge in [0.1, 0.15) is 0 Å². The highest BCUT2D eigenvalue weighted by Gasteiger charge is 2.37. The maximum atomic E-state index is 13.9. The van der Waals surface area contributed by atoms with E-state index in [1.165, 1.54) is 21.5 Å². The van der Waals surface area contributed by atoms with Crippen LogP contribution in [0.4, 0.5) is 0 Å². The third-order valence-corrected chi connectivity index (χ3v) is 10.2. The van der Waals surface area contributed by atoms with E-state index < -0.39 is 10.0 Å². The Morgan fingerprint density at radius 1 is 1.19 bits per heavy atom. The van der Waals surface area contributed by atoms with Crippen LogP contribution >= 0.6 is 23.1 Å². The van der Waals surface area contributed by atoms with Gasteiger partial charge in [-0.2, -0.15) is 13.7 Å². The number of hydrogen-bond donors (Lipinski definition) is 0. The number of rotatable bonds is 4. The molecule has 2 aromatic heterocycles. The molecule has 0 saturated carbocycles. The summed E-state index contributed by atoms with van der Waals surface area (Å²) in [6.07, 6.45) is 8.16. The van der Waals surface area contributed by atoms with E-state index in [1.54, 1.807) is 11.8 Å². The Hall–Kier alpha value is -2.34. The highest BCUT2D eigenvalue weighted by atomic mass is 32.2. The Kier molecular flexibility index (Phi) is 5.29. The Bertz CT molecular complexity index is 1410. The molecule has 1 aromatic carbocycles. The van der Waals surface area contributed by atoms with E-state index in [0.717, 1.165) is 46.7 Å². The van der Waals surface area contributed by atoms with E-state index >= 15 is 0 Å². The largest absolute Gasteiger partial charge is 0.279 e. The number of aromatic nitrogens is 2. The second-order valence-corrected chi connectivity index (χ2v) is 12.2. The van der Waals surface area contributed by atoms with Crippen molar-refractivity contribution in [2.45, 2.75) is 41.6 Å². The second-order valence-electron chi connectivity index (χ2n) is 7.70. The first kappa shape index (κ1) is 20.6. The summed E-state index contributed by atoms with van der Waals surface area (Å²) in [4.78, 5) is 4.19. The summed E-state index contributed by atoms with van der Waals surface area (Å²) in [5.41, 5.74) is 2.55. The van der Waals surface area contributed by atoms with Crippen molar-refractivity contribution in [1.29, 1.82) is 5.26 Å². The van der Waals surface area contributed by atoms with Crippen molar-refractivity contribution in [3.8, 4) is 17.3 Å². The number of nitrogens with zero attached hydrogens (tertiary/aromatic N) is 3. The molecule has 0 N–H and O–H groups in total. The van der Waals surface area contributed by atoms with Gasteiger partial charge in [-0.25, -0.2) is 8.96 Å². The zero-order chi connectivity index (χ0) is 21.6. The molecule has 2 aliphatic rings. The summed E-state index contributed by atoms with van der Waals surface area (Å²) in [5, 5.41) is 12.0. The van der Waals surface area contributed by atoms with Gasteiger partial charge in [-0.05, 0) is 43.1 Å². The molecule has 0 bridgehead atoms. The van der Waals surface area contributed by atoms with E-state index in [9.17, 15) is 13.7 Å². The number of nitriles is 1. The van der Waals surface area contributed by atoms with E-state index in [2.05, 4.69) is 17.1 Å². The molecule has 2 atom stereocenters. The molecule has 0 radical (unpaired) electrons. The first-order chi connectivity index (χ1) is 15.0. The van der Waals surface area contributed by atoms with Crippen LogP contribution in [0.2, 0.25) is 0 Å². The van der Waals surface area contributed by atoms with E-state index in [1.807, 2.05) is 43.3 Å². The van der Waals surface area contributed by atoms with Gasteiger partial charge in [0.05, 0.1) is 33.6 Å². The predicted molar refractivity (Wildman–Crippen MR) is 126 cm³/mol. The number of benzene rings is 1. The highest BCUT2D eigenvalue weighted by molar-refractivity contribution is 8.00. The van der Waals surface area contributed by atoms with Gasteiger partial charge < -0.3 is 0 Å². The topological polar surface area (TPSA) is 75.8 Å². The lowest BCUT2D eigenvalue weighted by molar-refractivity contribution is 0.588. The number of hydrogen-bond acceptors (Lipinski definition) is 6. The number of thiazole rings is 1. The van der Waals surface area contributed by atoms with Crippen molar-refractivity contribution in [3.05, 3.63) is 57.7 Å². The molecule has 0 spiro atoms. The minimum absolute atomic E-state index is 0.00125. The molecule has 2 unspecified atom stereocenters. The van der Waals surface area contributed by atoms with Crippen LogP contribution in [0.15, 0.2) is 40.7 Å². The molecule has 1 saturated heterocycles. The summed E-state index contributed by atoms with van der Waals surface area (Å²) in [7, 11) is -3.84. The van der Waals surface area contributed by atoms with Crippen molar-refractivity contribution < 1.29 is 8.42 Å². The van der Waals surface area contributed by atoms with Gasteiger partial charge >= 0.3 is 0 Å². The third-order valence-electron chi connectivity index (χ3n) is 5.83. The van der Waals surface area contributed by atoms with Crippen molar-refractivity contribution in [1.82, 2.24) is 8.96 Å². The standard InChI is InChI=1S/C23H21N3O2S3/c1-15-25-14-21(30-15)31(27,28)26-19-10-6-5-9-17(19)22(18-11-12-29-20(18)13-24)23(26)16-7-3-2-4-8-16/h2-4,7-10,14,18,20H,5-6,11-12H2,1H3. The van der Waals surface area contributed by atoms with Gasteiger partial charge in [0, 0.05) is 11.1 Å².